The number of rotatable bonds is 12. The van der Waals surface area contributed by atoms with E-state index in [1.165, 1.54) is 9.21 Å². The molecule has 3 aromatic rings. The largest absolute Gasteiger partial charge is 0.354 e. The number of hydrogen-bond acceptors (Lipinski definition) is 4. The van der Waals surface area contributed by atoms with Crippen molar-refractivity contribution in [2.24, 2.45) is 5.92 Å². The topological polar surface area (TPSA) is 86.8 Å². The third-order valence-electron chi connectivity index (χ3n) is 7.03. The third-order valence-corrected chi connectivity index (χ3v) is 8.80. The summed E-state index contributed by atoms with van der Waals surface area (Å²) in [6.07, 6.45) is 0.385. The summed E-state index contributed by atoms with van der Waals surface area (Å²) in [5.41, 5.74) is 4.87. The van der Waals surface area contributed by atoms with Crippen LogP contribution in [0.3, 0.4) is 0 Å². The lowest BCUT2D eigenvalue weighted by molar-refractivity contribution is -0.140. The lowest BCUT2D eigenvalue weighted by atomic mass is 10.1. The Kier molecular flexibility index (Phi) is 10.7. The van der Waals surface area contributed by atoms with Crippen molar-refractivity contribution >= 4 is 27.5 Å². The number of nitrogens with one attached hydrogen (secondary N) is 1. The van der Waals surface area contributed by atoms with Gasteiger partial charge in [-0.15, -0.1) is 0 Å². The van der Waals surface area contributed by atoms with Gasteiger partial charge in [0.15, 0.2) is 0 Å². The minimum absolute atomic E-state index is 0.101. The van der Waals surface area contributed by atoms with Crippen molar-refractivity contribution in [3.05, 3.63) is 94.5 Å². The van der Waals surface area contributed by atoms with Crippen LogP contribution in [-0.2, 0) is 26.2 Å². The molecule has 0 unspecified atom stereocenters. The molecule has 7 nitrogen and oxygen atoms in total. The molecule has 1 atom stereocenters. The van der Waals surface area contributed by atoms with Crippen LogP contribution in [0, 0.1) is 33.6 Å². The van der Waals surface area contributed by atoms with E-state index < -0.39 is 28.5 Å². The number of carbonyl (C=O) groups excluding carboxylic acids is 2. The van der Waals surface area contributed by atoms with Crippen molar-refractivity contribution in [2.45, 2.75) is 72.4 Å². The van der Waals surface area contributed by atoms with Crippen LogP contribution < -0.4 is 9.62 Å². The van der Waals surface area contributed by atoms with Crippen molar-refractivity contribution in [3.63, 3.8) is 0 Å². The molecule has 0 spiro atoms. The number of sulfonamides is 1. The summed E-state index contributed by atoms with van der Waals surface area (Å²) in [7, 11) is -4.11. The summed E-state index contributed by atoms with van der Waals surface area (Å²) in [4.78, 5) is 29.2. The second-order valence-electron chi connectivity index (χ2n) is 11.2. The number of hydrogen-bond donors (Lipinski definition) is 1. The fourth-order valence-electron chi connectivity index (χ4n) is 4.69. The lowest BCUT2D eigenvalue weighted by Gasteiger charge is -2.34. The van der Waals surface area contributed by atoms with Crippen LogP contribution in [0.25, 0.3) is 0 Å². The molecule has 1 N–H and O–H groups in total. The van der Waals surface area contributed by atoms with Gasteiger partial charge in [-0.3, -0.25) is 13.9 Å². The van der Waals surface area contributed by atoms with Gasteiger partial charge in [0.05, 0.1) is 10.6 Å². The summed E-state index contributed by atoms with van der Waals surface area (Å²) in [5.74, 6) is -0.451. The molecule has 41 heavy (non-hydrogen) atoms. The van der Waals surface area contributed by atoms with Gasteiger partial charge in [0.2, 0.25) is 11.8 Å². The monoisotopic (exact) mass is 577 g/mol. The fourth-order valence-corrected chi connectivity index (χ4v) is 6.16. The van der Waals surface area contributed by atoms with Crippen molar-refractivity contribution in [3.8, 4) is 0 Å². The Labute approximate surface area is 245 Å². The van der Waals surface area contributed by atoms with E-state index in [0.29, 0.717) is 18.7 Å². The van der Waals surface area contributed by atoms with Gasteiger partial charge in [0.25, 0.3) is 10.0 Å². The third kappa shape index (κ3) is 8.19. The Morgan fingerprint density at radius 1 is 0.854 bits per heavy atom. The highest BCUT2D eigenvalue weighted by Gasteiger charge is 2.34. The maximum absolute atomic E-state index is 14.2. The molecule has 3 aromatic carbocycles. The number of carbonyl (C=O) groups is 2. The van der Waals surface area contributed by atoms with Crippen LogP contribution in [0.2, 0.25) is 0 Å². The first-order valence-electron chi connectivity index (χ1n) is 14.1. The quantitative estimate of drug-likeness (QED) is 0.299. The average Bonchev–Trinajstić information content (AvgIpc) is 2.92. The van der Waals surface area contributed by atoms with Gasteiger partial charge in [-0.05, 0) is 74.9 Å². The predicted molar refractivity (Wildman–Crippen MR) is 165 cm³/mol. The van der Waals surface area contributed by atoms with Crippen LogP contribution in [0.4, 0.5) is 5.69 Å². The summed E-state index contributed by atoms with van der Waals surface area (Å²) in [6.45, 7) is 13.7. The van der Waals surface area contributed by atoms with E-state index in [9.17, 15) is 18.0 Å². The van der Waals surface area contributed by atoms with Crippen LogP contribution in [-0.4, -0.2) is 44.3 Å². The van der Waals surface area contributed by atoms with E-state index in [4.69, 9.17) is 0 Å². The molecule has 0 heterocycles. The van der Waals surface area contributed by atoms with Gasteiger partial charge in [-0.2, -0.15) is 0 Å². The number of aryl methyl sites for hydroxylation is 4. The molecule has 0 radical (unpaired) electrons. The number of amides is 2. The minimum Gasteiger partial charge on any atom is -0.354 e. The molecule has 0 aromatic heterocycles. The van der Waals surface area contributed by atoms with Crippen molar-refractivity contribution in [2.75, 3.05) is 17.4 Å². The average molecular weight is 578 g/mol. The zero-order chi connectivity index (χ0) is 30.3. The van der Waals surface area contributed by atoms with E-state index in [-0.39, 0.29) is 23.3 Å². The number of anilines is 1. The Morgan fingerprint density at radius 2 is 1.49 bits per heavy atom. The molecule has 0 saturated carbocycles. The van der Waals surface area contributed by atoms with Gasteiger partial charge in [0, 0.05) is 13.1 Å². The first-order valence-corrected chi connectivity index (χ1v) is 15.6. The van der Waals surface area contributed by atoms with Crippen molar-refractivity contribution in [1.29, 1.82) is 0 Å². The van der Waals surface area contributed by atoms with Crippen LogP contribution in [0.15, 0.2) is 71.6 Å². The minimum atomic E-state index is -4.11. The zero-order valence-corrected chi connectivity index (χ0v) is 26.1. The molecule has 8 heteroatoms. The summed E-state index contributed by atoms with van der Waals surface area (Å²) in [6, 6.07) is 19.2. The molecule has 0 bridgehead atoms. The Bertz CT molecular complexity index is 1470. The molecule has 0 aliphatic rings. The molecule has 0 saturated heterocycles. The zero-order valence-electron chi connectivity index (χ0n) is 25.3. The van der Waals surface area contributed by atoms with E-state index >= 15 is 0 Å². The second kappa shape index (κ2) is 13.8. The maximum Gasteiger partial charge on any atom is 0.264 e. The molecule has 220 valence electrons. The highest BCUT2D eigenvalue weighted by atomic mass is 32.2. The number of nitrogens with zero attached hydrogens (tertiary/aromatic N) is 2. The van der Waals surface area contributed by atoms with Gasteiger partial charge in [0.1, 0.15) is 12.6 Å². The number of benzene rings is 3. The van der Waals surface area contributed by atoms with Gasteiger partial charge < -0.3 is 10.2 Å². The molecule has 2 amide bonds. The molecule has 0 aliphatic carbocycles. The molecule has 0 fully saturated rings. The highest BCUT2D eigenvalue weighted by Crippen LogP contribution is 2.29. The van der Waals surface area contributed by atoms with E-state index in [2.05, 4.69) is 5.32 Å². The molecule has 3 rings (SSSR count). The molecular weight excluding hydrogens is 534 g/mol. The molecule has 0 aliphatic heterocycles. The Morgan fingerprint density at radius 3 is 2.10 bits per heavy atom. The van der Waals surface area contributed by atoms with Crippen LogP contribution >= 0.6 is 0 Å². The fraction of sp³-hybridized carbons (Fsp3) is 0.394. The maximum atomic E-state index is 14.2. The van der Waals surface area contributed by atoms with Gasteiger partial charge >= 0.3 is 0 Å². The molecular formula is C33H43N3O4S. The SMILES string of the molecule is CC[C@@H](C(=O)NCC(C)C)N(Cc1cccc(C)c1)C(=O)CN(c1cc(C)ccc1C)S(=O)(=O)c1ccc(C)cc1. The summed E-state index contributed by atoms with van der Waals surface area (Å²) in [5, 5.41) is 2.96. The smallest absolute Gasteiger partial charge is 0.264 e. The first kappa shape index (κ1) is 31.9. The van der Waals surface area contributed by atoms with Gasteiger partial charge in [-0.1, -0.05) is 80.4 Å². The second-order valence-corrected chi connectivity index (χ2v) is 13.1. The van der Waals surface area contributed by atoms with E-state index in [1.807, 2.05) is 84.9 Å². The summed E-state index contributed by atoms with van der Waals surface area (Å²) < 4.78 is 29.4. The Balaban J connectivity index is 2.09. The predicted octanol–water partition coefficient (Wildman–Crippen LogP) is 5.70. The highest BCUT2D eigenvalue weighted by molar-refractivity contribution is 7.92. The first-order chi connectivity index (χ1) is 19.3. The van der Waals surface area contributed by atoms with E-state index in [0.717, 1.165) is 27.8 Å². The standard InChI is InChI=1S/C33H43N3O4S/c1-8-30(33(38)34-20-23(2)3)35(21-28-11-9-10-25(5)18-28)32(37)22-36(31-19-26(6)12-15-27(31)7)41(39,40)29-16-13-24(4)14-17-29/h9-19,23,30H,8,20-22H2,1-7H3,(H,34,38)/t30-/m0/s1. The van der Waals surface area contributed by atoms with Crippen LogP contribution in [0.5, 0.6) is 0 Å². The van der Waals surface area contributed by atoms with E-state index in [1.54, 1.807) is 30.3 Å². The normalized spacial score (nSPS) is 12.2. The van der Waals surface area contributed by atoms with Crippen molar-refractivity contribution in [1.82, 2.24) is 10.2 Å². The summed E-state index contributed by atoms with van der Waals surface area (Å²) >= 11 is 0. The lowest BCUT2D eigenvalue weighted by Crippen LogP contribution is -2.52. The Hall–Kier alpha value is -3.65. The van der Waals surface area contributed by atoms with Gasteiger partial charge in [-0.25, -0.2) is 8.42 Å². The van der Waals surface area contributed by atoms with Crippen LogP contribution in [0.1, 0.15) is 55.0 Å². The van der Waals surface area contributed by atoms with Crippen molar-refractivity contribution < 1.29 is 18.0 Å².